The number of hydrogen-bond donors (Lipinski definition) is 2. The van der Waals surface area contributed by atoms with E-state index in [-0.39, 0.29) is 18.6 Å². The van der Waals surface area contributed by atoms with E-state index in [0.29, 0.717) is 24.5 Å². The highest BCUT2D eigenvalue weighted by atomic mass is 16.3. The fraction of sp³-hybridized carbons (Fsp3) is 0.933. The van der Waals surface area contributed by atoms with Gasteiger partial charge in [0.1, 0.15) is 0 Å². The van der Waals surface area contributed by atoms with Crippen molar-refractivity contribution in [3.05, 3.63) is 0 Å². The van der Waals surface area contributed by atoms with Crippen LogP contribution in [0.15, 0.2) is 0 Å². The Bertz CT molecular complexity index is 335. The van der Waals surface area contributed by atoms with Gasteiger partial charge in [-0.25, -0.2) is 0 Å². The first-order valence-corrected chi connectivity index (χ1v) is 7.86. The Kier molecular flexibility index (Phi) is 3.81. The smallest absolute Gasteiger partial charge is 0.237 e. The molecular weight excluding hydrogens is 240 g/mol. The zero-order valence-corrected chi connectivity index (χ0v) is 11.8. The molecule has 0 aliphatic heterocycles. The Balaban J connectivity index is 1.51. The lowest BCUT2D eigenvalue weighted by Crippen LogP contribution is -2.48. The van der Waals surface area contributed by atoms with Crippen LogP contribution in [0.5, 0.6) is 0 Å². The van der Waals surface area contributed by atoms with Gasteiger partial charge in [-0.1, -0.05) is 0 Å². The number of hydrogen-bond acceptors (Lipinski definition) is 3. The molecule has 4 nitrogen and oxygen atoms in total. The van der Waals surface area contributed by atoms with E-state index in [1.165, 1.54) is 38.5 Å². The van der Waals surface area contributed by atoms with Crippen molar-refractivity contribution in [1.29, 1.82) is 0 Å². The van der Waals surface area contributed by atoms with Gasteiger partial charge in [0.2, 0.25) is 5.91 Å². The van der Waals surface area contributed by atoms with Crippen LogP contribution in [-0.2, 0) is 4.79 Å². The molecule has 3 aliphatic carbocycles. The molecule has 0 aromatic heterocycles. The van der Waals surface area contributed by atoms with Gasteiger partial charge in [0.25, 0.3) is 0 Å². The molecule has 0 aromatic rings. The average Bonchev–Trinajstić information content (AvgIpc) is 3.26. The number of amides is 1. The van der Waals surface area contributed by atoms with Crippen LogP contribution in [0.3, 0.4) is 0 Å². The molecule has 2 N–H and O–H groups in total. The summed E-state index contributed by atoms with van der Waals surface area (Å²) in [6, 6.07) is 1.04. The van der Waals surface area contributed by atoms with E-state index in [0.717, 1.165) is 5.92 Å². The number of carbonyl (C=O) groups excluding carboxylic acids is 1. The Morgan fingerprint density at radius 3 is 2.32 bits per heavy atom. The summed E-state index contributed by atoms with van der Waals surface area (Å²) in [4.78, 5) is 14.6. The maximum Gasteiger partial charge on any atom is 0.237 e. The summed E-state index contributed by atoms with van der Waals surface area (Å²) < 4.78 is 0. The van der Waals surface area contributed by atoms with Crippen LogP contribution in [0.1, 0.15) is 45.4 Å². The van der Waals surface area contributed by atoms with Crippen molar-refractivity contribution in [2.45, 2.75) is 63.6 Å². The number of rotatable bonds is 8. The van der Waals surface area contributed by atoms with Crippen molar-refractivity contribution in [2.75, 3.05) is 13.2 Å². The molecule has 3 aliphatic rings. The zero-order chi connectivity index (χ0) is 13.4. The Labute approximate surface area is 115 Å². The average molecular weight is 266 g/mol. The standard InChI is InChI=1S/C15H26N2O2/c1-10(11-2-3-11)17(13-6-7-13)15(19)8-16-14(9-18)12-4-5-12/h10-14,16,18H,2-9H2,1H3/t10-,14+/m0/s1. The number of carbonyl (C=O) groups is 1. The molecule has 3 saturated carbocycles. The van der Waals surface area contributed by atoms with E-state index in [2.05, 4.69) is 17.1 Å². The number of nitrogens with one attached hydrogen (secondary N) is 1. The van der Waals surface area contributed by atoms with Crippen LogP contribution in [-0.4, -0.2) is 47.2 Å². The summed E-state index contributed by atoms with van der Waals surface area (Å²) in [7, 11) is 0. The molecule has 0 radical (unpaired) electrons. The molecule has 108 valence electrons. The lowest BCUT2D eigenvalue weighted by atomic mass is 10.1. The summed E-state index contributed by atoms with van der Waals surface area (Å²) in [5.41, 5.74) is 0. The maximum atomic E-state index is 12.4. The summed E-state index contributed by atoms with van der Waals surface area (Å²) in [5.74, 6) is 1.57. The first kappa shape index (κ1) is 13.4. The van der Waals surface area contributed by atoms with Crippen LogP contribution < -0.4 is 5.32 Å². The van der Waals surface area contributed by atoms with Crippen LogP contribution in [0.25, 0.3) is 0 Å². The predicted molar refractivity (Wildman–Crippen MR) is 73.7 cm³/mol. The van der Waals surface area contributed by atoms with E-state index < -0.39 is 0 Å². The summed E-state index contributed by atoms with van der Waals surface area (Å²) in [5, 5.41) is 12.6. The van der Waals surface area contributed by atoms with E-state index in [9.17, 15) is 9.90 Å². The second-order valence-electron chi connectivity index (χ2n) is 6.62. The second kappa shape index (κ2) is 5.41. The minimum absolute atomic E-state index is 0.126. The number of aliphatic hydroxyl groups is 1. The Hall–Kier alpha value is -0.610. The molecule has 0 bridgehead atoms. The normalized spacial score (nSPS) is 26.0. The van der Waals surface area contributed by atoms with Gasteiger partial charge in [0, 0.05) is 18.1 Å². The van der Waals surface area contributed by atoms with Crippen molar-refractivity contribution >= 4 is 5.91 Å². The molecule has 1 amide bonds. The van der Waals surface area contributed by atoms with Gasteiger partial charge in [-0.15, -0.1) is 0 Å². The van der Waals surface area contributed by atoms with E-state index in [4.69, 9.17) is 0 Å². The van der Waals surface area contributed by atoms with Crippen LogP contribution >= 0.6 is 0 Å². The molecule has 3 fully saturated rings. The highest BCUT2D eigenvalue weighted by Gasteiger charge is 2.41. The van der Waals surface area contributed by atoms with E-state index in [1.54, 1.807) is 0 Å². The van der Waals surface area contributed by atoms with Crippen molar-refractivity contribution in [2.24, 2.45) is 11.8 Å². The molecule has 0 saturated heterocycles. The summed E-state index contributed by atoms with van der Waals surface area (Å²) >= 11 is 0. The van der Waals surface area contributed by atoms with Gasteiger partial charge < -0.3 is 15.3 Å². The molecule has 19 heavy (non-hydrogen) atoms. The van der Waals surface area contributed by atoms with Crippen molar-refractivity contribution in [3.8, 4) is 0 Å². The Morgan fingerprint density at radius 1 is 1.21 bits per heavy atom. The highest BCUT2D eigenvalue weighted by Crippen LogP contribution is 2.39. The molecule has 2 atom stereocenters. The summed E-state index contributed by atoms with van der Waals surface area (Å²) in [6.07, 6.45) is 7.30. The van der Waals surface area contributed by atoms with Gasteiger partial charge in [0.05, 0.1) is 13.2 Å². The van der Waals surface area contributed by atoms with Gasteiger partial charge in [-0.05, 0) is 57.3 Å². The van der Waals surface area contributed by atoms with Gasteiger partial charge in [-0.2, -0.15) is 0 Å². The molecule has 0 spiro atoms. The molecular formula is C15H26N2O2. The molecule has 0 unspecified atom stereocenters. The minimum Gasteiger partial charge on any atom is -0.395 e. The third kappa shape index (κ3) is 3.29. The molecule has 4 heteroatoms. The summed E-state index contributed by atoms with van der Waals surface area (Å²) in [6.45, 7) is 2.76. The molecule has 0 heterocycles. The quantitative estimate of drug-likeness (QED) is 0.692. The Morgan fingerprint density at radius 2 is 1.84 bits per heavy atom. The van der Waals surface area contributed by atoms with Gasteiger partial charge in [0.15, 0.2) is 0 Å². The van der Waals surface area contributed by atoms with Gasteiger partial charge in [-0.3, -0.25) is 4.79 Å². The predicted octanol–water partition coefficient (Wildman–Crippen LogP) is 1.14. The van der Waals surface area contributed by atoms with Crippen LogP contribution in [0.4, 0.5) is 0 Å². The molecule has 0 aromatic carbocycles. The van der Waals surface area contributed by atoms with Crippen LogP contribution in [0, 0.1) is 11.8 Å². The topological polar surface area (TPSA) is 52.6 Å². The first-order valence-electron chi connectivity index (χ1n) is 7.86. The van der Waals surface area contributed by atoms with E-state index in [1.807, 2.05) is 0 Å². The first-order chi connectivity index (χ1) is 9.20. The zero-order valence-electron chi connectivity index (χ0n) is 11.8. The lowest BCUT2D eigenvalue weighted by molar-refractivity contribution is -0.133. The molecule has 3 rings (SSSR count). The SMILES string of the molecule is C[C@@H](C1CC1)N(C(=O)CN[C@H](CO)C1CC1)C1CC1. The lowest BCUT2D eigenvalue weighted by Gasteiger charge is -2.30. The van der Waals surface area contributed by atoms with Gasteiger partial charge >= 0.3 is 0 Å². The highest BCUT2D eigenvalue weighted by molar-refractivity contribution is 5.79. The van der Waals surface area contributed by atoms with Crippen molar-refractivity contribution < 1.29 is 9.90 Å². The van der Waals surface area contributed by atoms with Crippen LogP contribution in [0.2, 0.25) is 0 Å². The maximum absolute atomic E-state index is 12.4. The fourth-order valence-electron chi connectivity index (χ4n) is 3.11. The minimum atomic E-state index is 0.126. The van der Waals surface area contributed by atoms with Crippen molar-refractivity contribution in [3.63, 3.8) is 0 Å². The second-order valence-corrected chi connectivity index (χ2v) is 6.62. The number of aliphatic hydroxyl groups excluding tert-OH is 1. The largest absolute Gasteiger partial charge is 0.395 e. The van der Waals surface area contributed by atoms with Crippen molar-refractivity contribution in [1.82, 2.24) is 10.2 Å². The third-order valence-corrected chi connectivity index (χ3v) is 4.87. The fourth-order valence-corrected chi connectivity index (χ4v) is 3.11. The third-order valence-electron chi connectivity index (χ3n) is 4.87. The number of nitrogens with zero attached hydrogens (tertiary/aromatic N) is 1. The monoisotopic (exact) mass is 266 g/mol. The van der Waals surface area contributed by atoms with E-state index >= 15 is 0 Å².